The minimum Gasteiger partial charge on any atom is -0.335 e. The summed E-state index contributed by atoms with van der Waals surface area (Å²) in [4.78, 5) is 26.0. The Hall–Kier alpha value is -1.62. The van der Waals surface area contributed by atoms with Gasteiger partial charge in [-0.1, -0.05) is 34.6 Å². The van der Waals surface area contributed by atoms with Crippen molar-refractivity contribution in [1.82, 2.24) is 23.5 Å². The second-order valence-electron chi connectivity index (χ2n) is 8.90. The lowest BCUT2D eigenvalue weighted by molar-refractivity contribution is 0.0698. The highest BCUT2D eigenvalue weighted by molar-refractivity contribution is 7.86. The van der Waals surface area contributed by atoms with E-state index in [0.717, 1.165) is 27.3 Å². The van der Waals surface area contributed by atoms with E-state index in [9.17, 15) is 13.2 Å². The number of carbonyl (C=O) groups excluding carboxylic acids is 1. The Morgan fingerprint density at radius 3 is 2.16 bits per heavy atom. The first kappa shape index (κ1) is 24.0. The third-order valence-corrected chi connectivity index (χ3v) is 9.08. The SMILES string of the molecule is CCN(CC)S(=O)(=O)N1CCN(C(=O)c2sc3nc(C(C)(C)C)nc(C)c3c2C)CC1. The Balaban J connectivity index is 1.83. The summed E-state index contributed by atoms with van der Waals surface area (Å²) in [6.45, 7) is 16.1. The van der Waals surface area contributed by atoms with Gasteiger partial charge in [0.1, 0.15) is 10.7 Å². The van der Waals surface area contributed by atoms with Crippen molar-refractivity contribution in [2.75, 3.05) is 39.3 Å². The van der Waals surface area contributed by atoms with Crippen LogP contribution >= 0.6 is 11.3 Å². The largest absolute Gasteiger partial charge is 0.335 e. The van der Waals surface area contributed by atoms with E-state index >= 15 is 0 Å². The lowest BCUT2D eigenvalue weighted by Gasteiger charge is -2.36. The third kappa shape index (κ3) is 4.48. The molecule has 0 aromatic carbocycles. The number of aromatic nitrogens is 2. The second-order valence-corrected chi connectivity index (χ2v) is 11.8. The molecule has 1 saturated heterocycles. The molecular formula is C21H33N5O3S2. The van der Waals surface area contributed by atoms with Crippen molar-refractivity contribution in [1.29, 1.82) is 0 Å². The fourth-order valence-corrected chi connectivity index (χ4v) is 6.66. The molecule has 3 rings (SSSR count). The fourth-order valence-electron chi connectivity index (χ4n) is 3.86. The van der Waals surface area contributed by atoms with E-state index in [4.69, 9.17) is 4.98 Å². The van der Waals surface area contributed by atoms with Gasteiger partial charge in [-0.3, -0.25) is 4.79 Å². The van der Waals surface area contributed by atoms with Gasteiger partial charge in [0.2, 0.25) is 0 Å². The summed E-state index contributed by atoms with van der Waals surface area (Å²) in [5.74, 6) is 0.713. The molecule has 0 saturated carbocycles. The highest BCUT2D eigenvalue weighted by Gasteiger charge is 2.33. The smallest absolute Gasteiger partial charge is 0.282 e. The molecule has 8 nitrogen and oxygen atoms in total. The molecule has 0 bridgehead atoms. The normalized spacial score (nSPS) is 16.5. The average molecular weight is 468 g/mol. The molecule has 0 radical (unpaired) electrons. The Morgan fingerprint density at radius 1 is 1.06 bits per heavy atom. The summed E-state index contributed by atoms with van der Waals surface area (Å²) in [6, 6.07) is 0. The molecule has 10 heteroatoms. The Bertz CT molecular complexity index is 1080. The molecule has 2 aromatic heterocycles. The number of hydrogen-bond donors (Lipinski definition) is 0. The van der Waals surface area contributed by atoms with Gasteiger partial charge in [0.05, 0.1) is 10.6 Å². The van der Waals surface area contributed by atoms with Gasteiger partial charge in [0, 0.05) is 50.1 Å². The van der Waals surface area contributed by atoms with Gasteiger partial charge < -0.3 is 4.90 Å². The molecule has 3 heterocycles. The first-order valence-corrected chi connectivity index (χ1v) is 13.0. The minimum absolute atomic E-state index is 0.0582. The summed E-state index contributed by atoms with van der Waals surface area (Å²) in [5.41, 5.74) is 1.62. The molecule has 31 heavy (non-hydrogen) atoms. The predicted molar refractivity (Wildman–Crippen MR) is 125 cm³/mol. The van der Waals surface area contributed by atoms with Crippen molar-refractivity contribution >= 4 is 37.7 Å². The molecule has 0 atom stereocenters. The van der Waals surface area contributed by atoms with Crippen LogP contribution in [0.1, 0.15) is 61.4 Å². The number of aryl methyl sites for hydroxylation is 2. The molecule has 0 N–H and O–H groups in total. The van der Waals surface area contributed by atoms with Crippen molar-refractivity contribution in [3.63, 3.8) is 0 Å². The third-order valence-electron chi connectivity index (χ3n) is 5.72. The van der Waals surface area contributed by atoms with Gasteiger partial charge in [-0.15, -0.1) is 11.3 Å². The Kier molecular flexibility index (Phi) is 6.76. The summed E-state index contributed by atoms with van der Waals surface area (Å²) >= 11 is 1.41. The van der Waals surface area contributed by atoms with E-state index in [1.54, 1.807) is 4.90 Å². The lowest BCUT2D eigenvalue weighted by atomic mass is 9.95. The molecule has 0 spiro atoms. The van der Waals surface area contributed by atoms with Gasteiger partial charge in [-0.2, -0.15) is 17.0 Å². The van der Waals surface area contributed by atoms with E-state index in [1.165, 1.54) is 19.9 Å². The first-order chi connectivity index (χ1) is 14.4. The van der Waals surface area contributed by atoms with Gasteiger partial charge in [0.15, 0.2) is 0 Å². The molecule has 172 valence electrons. The molecule has 1 aliphatic heterocycles. The molecule has 0 unspecified atom stereocenters. The highest BCUT2D eigenvalue weighted by atomic mass is 32.2. The predicted octanol–water partition coefficient (Wildman–Crippen LogP) is 2.95. The molecular weight excluding hydrogens is 434 g/mol. The number of carbonyl (C=O) groups is 1. The molecule has 2 aromatic rings. The number of hydrogen-bond acceptors (Lipinski definition) is 6. The summed E-state index contributed by atoms with van der Waals surface area (Å²) in [5, 5.41) is 0.948. The highest BCUT2D eigenvalue weighted by Crippen LogP contribution is 2.34. The van der Waals surface area contributed by atoms with Crippen LogP contribution in [0.4, 0.5) is 0 Å². The zero-order valence-electron chi connectivity index (χ0n) is 19.5. The minimum atomic E-state index is -3.48. The van der Waals surface area contributed by atoms with Crippen molar-refractivity contribution in [2.24, 2.45) is 0 Å². The first-order valence-electron chi connectivity index (χ1n) is 10.7. The van der Waals surface area contributed by atoms with Crippen LogP contribution in [0.25, 0.3) is 10.2 Å². The number of fused-ring (bicyclic) bond motifs is 1. The fraction of sp³-hybridized carbons (Fsp3) is 0.667. The maximum Gasteiger partial charge on any atom is 0.282 e. The standard InChI is InChI=1S/C21H33N5O3S2/c1-8-25(9-2)31(28,29)26-12-10-24(11-13-26)19(27)17-14(3)16-15(4)22-20(21(5,6)7)23-18(16)30-17/h8-13H2,1-7H3. The zero-order valence-corrected chi connectivity index (χ0v) is 21.2. The van der Waals surface area contributed by atoms with Crippen LogP contribution < -0.4 is 0 Å². The average Bonchev–Trinajstić information content (AvgIpc) is 3.04. The number of amides is 1. The monoisotopic (exact) mass is 467 g/mol. The quantitative estimate of drug-likeness (QED) is 0.675. The van der Waals surface area contributed by atoms with E-state index in [2.05, 4.69) is 25.8 Å². The van der Waals surface area contributed by atoms with E-state index in [1.807, 2.05) is 27.7 Å². The van der Waals surface area contributed by atoms with Crippen molar-refractivity contribution in [3.05, 3.63) is 22.0 Å². The second kappa shape index (κ2) is 8.73. The van der Waals surface area contributed by atoms with Crippen LogP contribution in [-0.4, -0.2) is 77.1 Å². The molecule has 1 amide bonds. The Labute approximate surface area is 189 Å². The zero-order chi connectivity index (χ0) is 23.1. The van der Waals surface area contributed by atoms with Crippen LogP contribution in [0.5, 0.6) is 0 Å². The topological polar surface area (TPSA) is 86.7 Å². The molecule has 0 aliphatic carbocycles. The number of piperazine rings is 1. The van der Waals surface area contributed by atoms with Crippen LogP contribution in [0.15, 0.2) is 0 Å². The maximum atomic E-state index is 13.3. The van der Waals surface area contributed by atoms with Gasteiger partial charge in [-0.25, -0.2) is 9.97 Å². The molecule has 1 aliphatic rings. The van der Waals surface area contributed by atoms with Crippen LogP contribution in [0.3, 0.4) is 0 Å². The summed E-state index contributed by atoms with van der Waals surface area (Å²) in [6.07, 6.45) is 0. The number of rotatable bonds is 5. The number of thiophene rings is 1. The van der Waals surface area contributed by atoms with Crippen molar-refractivity contribution < 1.29 is 13.2 Å². The molecule has 1 fully saturated rings. The van der Waals surface area contributed by atoms with Crippen LogP contribution in [0, 0.1) is 13.8 Å². The van der Waals surface area contributed by atoms with E-state index in [0.29, 0.717) is 44.1 Å². The maximum absolute atomic E-state index is 13.3. The van der Waals surface area contributed by atoms with Crippen molar-refractivity contribution in [2.45, 2.75) is 53.9 Å². The van der Waals surface area contributed by atoms with Crippen LogP contribution in [-0.2, 0) is 15.6 Å². The van der Waals surface area contributed by atoms with Crippen molar-refractivity contribution in [3.8, 4) is 0 Å². The van der Waals surface area contributed by atoms with E-state index < -0.39 is 10.2 Å². The van der Waals surface area contributed by atoms with Gasteiger partial charge in [-0.05, 0) is 19.4 Å². The van der Waals surface area contributed by atoms with Gasteiger partial charge in [0.25, 0.3) is 16.1 Å². The summed E-state index contributed by atoms with van der Waals surface area (Å²) in [7, 11) is -3.48. The van der Waals surface area contributed by atoms with Crippen LogP contribution in [0.2, 0.25) is 0 Å². The Morgan fingerprint density at radius 2 is 1.65 bits per heavy atom. The number of nitrogens with zero attached hydrogens (tertiary/aromatic N) is 5. The summed E-state index contributed by atoms with van der Waals surface area (Å²) < 4.78 is 28.4. The van der Waals surface area contributed by atoms with E-state index in [-0.39, 0.29) is 11.3 Å². The lowest BCUT2D eigenvalue weighted by Crippen LogP contribution is -2.54. The van der Waals surface area contributed by atoms with Gasteiger partial charge >= 0.3 is 0 Å².